The highest BCUT2D eigenvalue weighted by Crippen LogP contribution is 2.30. The molecule has 1 aromatic rings. The smallest absolute Gasteiger partial charge is 0.124 e. The zero-order chi connectivity index (χ0) is 11.6. The number of hydrogen-bond donors (Lipinski definition) is 4. The summed E-state index contributed by atoms with van der Waals surface area (Å²) in [5, 5.41) is 28.4. The van der Waals surface area contributed by atoms with E-state index < -0.39 is 18.0 Å². The molecule has 1 rings (SSSR count). The van der Waals surface area contributed by atoms with Crippen molar-refractivity contribution in [2.75, 3.05) is 6.54 Å². The van der Waals surface area contributed by atoms with Crippen molar-refractivity contribution in [2.24, 2.45) is 5.73 Å². The molecule has 5 heteroatoms. The van der Waals surface area contributed by atoms with Crippen LogP contribution < -0.4 is 5.73 Å². The van der Waals surface area contributed by atoms with Gasteiger partial charge < -0.3 is 21.1 Å². The van der Waals surface area contributed by atoms with Crippen molar-refractivity contribution in [1.29, 1.82) is 0 Å². The first-order valence-corrected chi connectivity index (χ1v) is 4.52. The molecule has 0 amide bonds. The van der Waals surface area contributed by atoms with E-state index in [1.165, 1.54) is 6.92 Å². The van der Waals surface area contributed by atoms with Crippen LogP contribution in [0.5, 0.6) is 5.75 Å². The molecule has 0 aliphatic rings. The van der Waals surface area contributed by atoms with Gasteiger partial charge in [-0.25, -0.2) is 4.39 Å². The van der Waals surface area contributed by atoms with Crippen molar-refractivity contribution in [3.63, 3.8) is 0 Å². The van der Waals surface area contributed by atoms with Crippen LogP contribution in [-0.4, -0.2) is 28.0 Å². The molecule has 0 heterocycles. The molecule has 0 radical (unpaired) electrons. The van der Waals surface area contributed by atoms with Crippen molar-refractivity contribution >= 4 is 0 Å². The van der Waals surface area contributed by atoms with Crippen LogP contribution in [-0.2, 0) is 0 Å². The second-order valence-corrected chi connectivity index (χ2v) is 3.41. The van der Waals surface area contributed by atoms with Gasteiger partial charge in [0.05, 0.1) is 6.10 Å². The maximum absolute atomic E-state index is 13.0. The summed E-state index contributed by atoms with van der Waals surface area (Å²) in [5.74, 6) is -0.806. The van der Waals surface area contributed by atoms with Crippen LogP contribution in [0.4, 0.5) is 4.39 Å². The van der Waals surface area contributed by atoms with E-state index in [0.717, 1.165) is 12.1 Å². The number of aliphatic hydroxyl groups excluding tert-OH is 2. The lowest BCUT2D eigenvalue weighted by Crippen LogP contribution is -2.27. The molecule has 0 aliphatic heterocycles. The van der Waals surface area contributed by atoms with E-state index in [-0.39, 0.29) is 17.9 Å². The van der Waals surface area contributed by atoms with Gasteiger partial charge in [0.1, 0.15) is 17.7 Å². The Labute approximate surface area is 86.8 Å². The molecule has 2 unspecified atom stereocenters. The highest BCUT2D eigenvalue weighted by Gasteiger charge is 2.21. The van der Waals surface area contributed by atoms with Crippen molar-refractivity contribution in [3.8, 4) is 5.75 Å². The first-order chi connectivity index (χ1) is 6.97. The Morgan fingerprint density at radius 2 is 2.00 bits per heavy atom. The topological polar surface area (TPSA) is 86.7 Å². The Bertz CT molecular complexity index is 357. The summed E-state index contributed by atoms with van der Waals surface area (Å²) in [7, 11) is 0. The number of halogens is 1. The molecule has 4 nitrogen and oxygen atoms in total. The summed E-state index contributed by atoms with van der Waals surface area (Å²) in [6.45, 7) is 1.33. The van der Waals surface area contributed by atoms with Crippen LogP contribution in [0.2, 0.25) is 0 Å². The molecule has 1 aromatic carbocycles. The van der Waals surface area contributed by atoms with Gasteiger partial charge in [-0.1, -0.05) is 0 Å². The Balaban J connectivity index is 3.13. The molecule has 0 saturated heterocycles. The minimum Gasteiger partial charge on any atom is -0.507 e. The molecule has 84 valence electrons. The van der Waals surface area contributed by atoms with Crippen LogP contribution >= 0.6 is 0 Å². The first-order valence-electron chi connectivity index (χ1n) is 4.52. The van der Waals surface area contributed by atoms with Crippen molar-refractivity contribution in [3.05, 3.63) is 29.1 Å². The zero-order valence-corrected chi connectivity index (χ0v) is 8.31. The Morgan fingerprint density at radius 3 is 2.53 bits per heavy atom. The number of benzene rings is 1. The van der Waals surface area contributed by atoms with E-state index in [1.807, 2.05) is 0 Å². The summed E-state index contributed by atoms with van der Waals surface area (Å²) in [5.41, 5.74) is 5.40. The van der Waals surface area contributed by atoms with Gasteiger partial charge in [-0.2, -0.15) is 0 Å². The third-order valence-corrected chi connectivity index (χ3v) is 2.22. The van der Waals surface area contributed by atoms with Gasteiger partial charge >= 0.3 is 0 Å². The van der Waals surface area contributed by atoms with Crippen molar-refractivity contribution < 1.29 is 19.7 Å². The van der Waals surface area contributed by atoms with Gasteiger partial charge in [0.25, 0.3) is 0 Å². The number of phenols is 1. The summed E-state index contributed by atoms with van der Waals surface area (Å²) in [6.07, 6.45) is -2.61. The van der Waals surface area contributed by atoms with Crippen LogP contribution in [0.25, 0.3) is 0 Å². The molecule has 5 N–H and O–H groups in total. The molecule has 0 spiro atoms. The van der Waals surface area contributed by atoms with Crippen molar-refractivity contribution in [2.45, 2.75) is 19.1 Å². The molecule has 0 aromatic heterocycles. The summed E-state index contributed by atoms with van der Waals surface area (Å²) < 4.78 is 13.0. The molecule has 15 heavy (non-hydrogen) atoms. The summed E-state index contributed by atoms with van der Waals surface area (Å²) >= 11 is 0. The lowest BCUT2D eigenvalue weighted by molar-refractivity contribution is 0.0227. The Morgan fingerprint density at radius 1 is 1.40 bits per heavy atom. The van der Waals surface area contributed by atoms with Crippen molar-refractivity contribution in [1.82, 2.24) is 0 Å². The van der Waals surface area contributed by atoms with E-state index in [4.69, 9.17) is 5.73 Å². The molecule has 0 saturated carbocycles. The molecule has 0 fully saturated rings. The minimum absolute atomic E-state index is 0.0505. The highest BCUT2D eigenvalue weighted by atomic mass is 19.1. The van der Waals surface area contributed by atoms with E-state index in [9.17, 15) is 19.7 Å². The average Bonchev–Trinajstić information content (AvgIpc) is 2.21. The Kier molecular flexibility index (Phi) is 3.62. The molecular weight excluding hydrogens is 201 g/mol. The number of hydrogen-bond acceptors (Lipinski definition) is 4. The number of nitrogens with two attached hydrogens (primary N) is 1. The van der Waals surface area contributed by atoms with Gasteiger partial charge in [-0.3, -0.25) is 0 Å². The van der Waals surface area contributed by atoms with Gasteiger partial charge in [0.2, 0.25) is 0 Å². The van der Waals surface area contributed by atoms with Crippen LogP contribution in [0.1, 0.15) is 17.2 Å². The fraction of sp³-hybridized carbons (Fsp3) is 0.400. The van der Waals surface area contributed by atoms with E-state index in [0.29, 0.717) is 5.56 Å². The molecule has 0 bridgehead atoms. The quantitative estimate of drug-likeness (QED) is 0.580. The van der Waals surface area contributed by atoms with Crippen LogP contribution in [0.3, 0.4) is 0 Å². The van der Waals surface area contributed by atoms with E-state index in [2.05, 4.69) is 0 Å². The largest absolute Gasteiger partial charge is 0.507 e. The second-order valence-electron chi connectivity index (χ2n) is 3.41. The lowest BCUT2D eigenvalue weighted by Gasteiger charge is -2.18. The maximum Gasteiger partial charge on any atom is 0.124 e. The lowest BCUT2D eigenvalue weighted by atomic mass is 10.0. The molecule has 0 aliphatic carbocycles. The standard InChI is InChI=1S/C10H14FNO3/c1-5-2-6(11)3-7(9(5)14)10(15)8(13)4-12/h2-3,8,10,13-15H,4,12H2,1H3. The summed E-state index contributed by atoms with van der Waals surface area (Å²) in [4.78, 5) is 0. The zero-order valence-electron chi connectivity index (χ0n) is 8.31. The van der Waals surface area contributed by atoms with Gasteiger partial charge in [-0.15, -0.1) is 0 Å². The second kappa shape index (κ2) is 4.57. The molecular formula is C10H14FNO3. The predicted molar refractivity (Wildman–Crippen MR) is 52.8 cm³/mol. The number of aromatic hydroxyl groups is 1. The third kappa shape index (κ3) is 2.44. The third-order valence-electron chi connectivity index (χ3n) is 2.22. The monoisotopic (exact) mass is 215 g/mol. The number of aryl methyl sites for hydroxylation is 1. The Hall–Kier alpha value is -1.17. The number of aliphatic hydroxyl groups is 2. The van der Waals surface area contributed by atoms with Crippen LogP contribution in [0.15, 0.2) is 12.1 Å². The van der Waals surface area contributed by atoms with Crippen LogP contribution in [0, 0.1) is 12.7 Å². The highest BCUT2D eigenvalue weighted by molar-refractivity contribution is 5.41. The number of rotatable bonds is 3. The van der Waals surface area contributed by atoms with Gasteiger partial charge in [-0.05, 0) is 24.6 Å². The summed E-state index contributed by atoms with van der Waals surface area (Å²) in [6, 6.07) is 2.12. The van der Waals surface area contributed by atoms with E-state index in [1.54, 1.807) is 0 Å². The number of phenolic OH excluding ortho intramolecular Hbond substituents is 1. The van der Waals surface area contributed by atoms with Gasteiger partial charge in [0.15, 0.2) is 0 Å². The average molecular weight is 215 g/mol. The van der Waals surface area contributed by atoms with Gasteiger partial charge in [0, 0.05) is 12.1 Å². The minimum atomic E-state index is -1.38. The molecule has 2 atom stereocenters. The normalized spacial score (nSPS) is 15.0. The first kappa shape index (κ1) is 11.9. The predicted octanol–water partition coefficient (Wildman–Crippen LogP) is 0.193. The maximum atomic E-state index is 13.0. The van der Waals surface area contributed by atoms with E-state index >= 15 is 0 Å². The fourth-order valence-corrected chi connectivity index (χ4v) is 1.32. The SMILES string of the molecule is Cc1cc(F)cc(C(O)C(O)CN)c1O. The fourth-order valence-electron chi connectivity index (χ4n) is 1.32.